The molecule has 15 nitrogen and oxygen atoms in total. The van der Waals surface area contributed by atoms with E-state index in [9.17, 15) is 29.4 Å². The van der Waals surface area contributed by atoms with E-state index in [0.29, 0.717) is 6.04 Å². The number of aliphatic hydroxyl groups excluding tert-OH is 4. The predicted molar refractivity (Wildman–Crippen MR) is 180 cm³/mol. The number of nitrogens with one attached hydrogen (secondary N) is 3. The van der Waals surface area contributed by atoms with Gasteiger partial charge in [0.25, 0.3) is 0 Å². The SMILES string of the molecule is CC[NH+](CCCC(C)Nc1cc[nH+]c2cc(Cl)ccc12)C[C]1[CH][CH][CH][CH]1.O=C([O-])C(O)C(O)C(=O)O.O=C([O-])C(O)C(O)C(=O)O.[CH]1[CH][CH][CH][CH]1.[Fe+2]. The molecule has 2 aliphatic rings. The average molecular weight is 790 g/mol. The van der Waals surface area contributed by atoms with Crippen LogP contribution in [0, 0.1) is 63.7 Å². The molecule has 2 saturated carbocycles. The van der Waals surface area contributed by atoms with Gasteiger partial charge in [-0.1, -0.05) is 11.6 Å². The van der Waals surface area contributed by atoms with Gasteiger partial charge in [-0.05, 0) is 96.6 Å². The number of benzene rings is 1. The molecule has 1 heterocycles. The Hall–Kier alpha value is -3.08. The van der Waals surface area contributed by atoms with E-state index in [-0.39, 0.29) is 17.1 Å². The smallest absolute Gasteiger partial charge is 0.547 e. The van der Waals surface area contributed by atoms with Gasteiger partial charge in [0.15, 0.2) is 18.4 Å². The summed E-state index contributed by atoms with van der Waals surface area (Å²) in [5, 5.41) is 73.9. The number of aliphatic carboxylic acids is 4. The molecule has 0 bridgehead atoms. The van der Waals surface area contributed by atoms with Crippen molar-refractivity contribution >= 4 is 52.1 Å². The Bertz CT molecular complexity index is 1280. The van der Waals surface area contributed by atoms with Gasteiger partial charge in [0, 0.05) is 29.1 Å². The first kappa shape index (κ1) is 48.9. The molecule has 6 atom stereocenters. The zero-order chi connectivity index (χ0) is 38.5. The molecule has 2 aromatic rings. The standard InChI is InChI=1S/C22H27ClN3.C5H5.2C4H6O6.Fe/c1-3-26(16-18-8-4-5-9-18)14-6-7-17(2)25-21-12-13-24-22-15-19(23)10-11-20(21)22;1-2-4-5-3-1;2*5-1(3(7)8)2(6)4(9)10;/h4-5,8-13,15,17H,3,6-7,14,16H2,1-2H3,(H,24,25);1-5H;2*1-2,5-6H,(H,7,8)(H,9,10);/q;;;;+2. The van der Waals surface area contributed by atoms with Crippen LogP contribution < -0.4 is 25.4 Å². The van der Waals surface area contributed by atoms with Crippen molar-refractivity contribution in [3.8, 4) is 0 Å². The van der Waals surface area contributed by atoms with Crippen LogP contribution in [0.15, 0.2) is 30.5 Å². The zero-order valence-corrected chi connectivity index (χ0v) is 30.2. The molecule has 2 aliphatic carbocycles. The van der Waals surface area contributed by atoms with Gasteiger partial charge < -0.3 is 60.7 Å². The number of pyridine rings is 1. The topological polar surface area (TPSA) is 266 Å². The van der Waals surface area contributed by atoms with Crippen LogP contribution >= 0.6 is 11.6 Å². The van der Waals surface area contributed by atoms with Crippen molar-refractivity contribution in [2.45, 2.75) is 57.1 Å². The molecular formula is C35H44ClFeN3O12+2. The molecule has 284 valence electrons. The number of H-pyrrole nitrogens is 1. The molecule has 0 amide bonds. The van der Waals surface area contributed by atoms with Crippen LogP contribution in [0.2, 0.25) is 5.02 Å². The molecule has 0 spiro atoms. The second kappa shape index (κ2) is 26.6. The maximum absolute atomic E-state index is 9.74. The number of carbonyl (C=O) groups is 4. The van der Waals surface area contributed by atoms with Crippen LogP contribution in [0.25, 0.3) is 10.9 Å². The van der Waals surface area contributed by atoms with Crippen molar-refractivity contribution in [2.24, 2.45) is 0 Å². The fourth-order valence-corrected chi connectivity index (χ4v) is 4.53. The van der Waals surface area contributed by atoms with Crippen LogP contribution in [-0.2, 0) is 36.2 Å². The van der Waals surface area contributed by atoms with E-state index in [1.807, 2.05) is 50.4 Å². The van der Waals surface area contributed by atoms with Crippen LogP contribution in [0.1, 0.15) is 26.7 Å². The third-order valence-electron chi connectivity index (χ3n) is 7.16. The number of hydrogen-bond acceptors (Lipinski definition) is 11. The fourth-order valence-electron chi connectivity index (χ4n) is 4.36. The third-order valence-corrected chi connectivity index (χ3v) is 7.39. The van der Waals surface area contributed by atoms with E-state index in [2.05, 4.69) is 62.0 Å². The van der Waals surface area contributed by atoms with Crippen molar-refractivity contribution in [1.82, 2.24) is 0 Å². The number of carbonyl (C=O) groups excluding carboxylic acids is 2. The molecule has 6 unspecified atom stereocenters. The first-order valence-corrected chi connectivity index (χ1v) is 16.1. The number of carboxylic acids is 4. The van der Waals surface area contributed by atoms with Gasteiger partial charge in [-0.2, -0.15) is 0 Å². The summed E-state index contributed by atoms with van der Waals surface area (Å²) in [5.41, 5.74) is 2.23. The molecule has 1 aromatic heterocycles. The van der Waals surface area contributed by atoms with E-state index in [4.69, 9.17) is 42.2 Å². The normalized spacial score (nSPS) is 17.1. The molecule has 1 aromatic carbocycles. The Morgan fingerprint density at radius 1 is 0.827 bits per heavy atom. The quantitative estimate of drug-likeness (QED) is 0.0856. The maximum Gasteiger partial charge on any atom is 2.00 e. The van der Waals surface area contributed by atoms with Crippen molar-refractivity contribution in [3.05, 3.63) is 99.2 Å². The van der Waals surface area contributed by atoms with E-state index >= 15 is 0 Å². The Morgan fingerprint density at radius 3 is 1.75 bits per heavy atom. The van der Waals surface area contributed by atoms with Gasteiger partial charge in [-0.15, -0.1) is 0 Å². The number of hydrogen-bond donors (Lipinski definition) is 8. The van der Waals surface area contributed by atoms with Gasteiger partial charge in [0.05, 0.1) is 42.6 Å². The van der Waals surface area contributed by atoms with E-state index in [1.165, 1.54) is 36.5 Å². The average Bonchev–Trinajstić information content (AvgIpc) is 3.85. The summed E-state index contributed by atoms with van der Waals surface area (Å²) in [6.07, 6.45) is 13.7. The molecule has 4 rings (SSSR count). The van der Waals surface area contributed by atoms with Gasteiger partial charge in [-0.3, -0.25) is 0 Å². The molecule has 0 aliphatic heterocycles. The van der Waals surface area contributed by atoms with Crippen molar-refractivity contribution in [2.75, 3.05) is 25.0 Å². The van der Waals surface area contributed by atoms with E-state index in [0.717, 1.165) is 23.5 Å². The molecular weight excluding hydrogens is 746 g/mol. The van der Waals surface area contributed by atoms with Crippen LogP contribution in [0.5, 0.6) is 0 Å². The minimum absolute atomic E-state index is 0. The van der Waals surface area contributed by atoms with E-state index < -0.39 is 48.3 Å². The van der Waals surface area contributed by atoms with Crippen molar-refractivity contribution in [3.63, 3.8) is 0 Å². The number of fused-ring (bicyclic) bond motifs is 1. The first-order valence-electron chi connectivity index (χ1n) is 15.8. The fraction of sp³-hybridized carbons (Fsp3) is 0.343. The summed E-state index contributed by atoms with van der Waals surface area (Å²) in [7, 11) is 0. The van der Waals surface area contributed by atoms with Gasteiger partial charge in [0.1, 0.15) is 12.2 Å². The number of halogens is 1. The van der Waals surface area contributed by atoms with Crippen molar-refractivity contribution < 1.29 is 87.0 Å². The summed E-state index contributed by atoms with van der Waals surface area (Å²) < 4.78 is 0. The number of aromatic amines is 1. The molecule has 17 heteroatoms. The number of carboxylic acid groups (broad SMARTS) is 4. The van der Waals surface area contributed by atoms with Crippen LogP contribution in [0.3, 0.4) is 0 Å². The summed E-state index contributed by atoms with van der Waals surface area (Å²) in [5.74, 6) is -6.21. The second-order valence-corrected chi connectivity index (χ2v) is 11.6. The monoisotopic (exact) mass is 789 g/mol. The van der Waals surface area contributed by atoms with Crippen LogP contribution in [0.4, 0.5) is 5.69 Å². The number of quaternary nitrogens is 1. The van der Waals surface area contributed by atoms with E-state index in [1.54, 1.807) is 4.90 Å². The molecule has 52 heavy (non-hydrogen) atoms. The molecule has 2 fully saturated rings. The Kier molecular flexibility index (Phi) is 25.1. The Labute approximate surface area is 319 Å². The first-order chi connectivity index (χ1) is 24.1. The molecule has 9 N–H and O–H groups in total. The predicted octanol–water partition coefficient (Wildman–Crippen LogP) is -2.70. The van der Waals surface area contributed by atoms with Gasteiger partial charge in [0.2, 0.25) is 5.52 Å². The van der Waals surface area contributed by atoms with Crippen molar-refractivity contribution in [1.29, 1.82) is 0 Å². The van der Waals surface area contributed by atoms with Gasteiger partial charge in [-0.25, -0.2) is 14.6 Å². The number of aliphatic hydroxyl groups is 4. The summed E-state index contributed by atoms with van der Waals surface area (Å²) in [6.45, 7) is 8.06. The summed E-state index contributed by atoms with van der Waals surface area (Å²) >= 11 is 6.10. The molecule has 0 saturated heterocycles. The molecule has 10 radical (unpaired) electrons. The Balaban J connectivity index is 0.000000822. The number of aromatic nitrogens is 1. The summed E-state index contributed by atoms with van der Waals surface area (Å²) in [4.78, 5) is 43.7. The largest absolute Gasteiger partial charge is 2.00 e. The van der Waals surface area contributed by atoms with Gasteiger partial charge >= 0.3 is 29.0 Å². The zero-order valence-electron chi connectivity index (χ0n) is 28.4. The number of anilines is 1. The third kappa shape index (κ3) is 19.1. The Morgan fingerprint density at radius 2 is 1.33 bits per heavy atom. The second-order valence-electron chi connectivity index (χ2n) is 11.1. The minimum atomic E-state index is -2.38. The maximum atomic E-state index is 9.74. The minimum Gasteiger partial charge on any atom is -0.547 e. The number of rotatable bonds is 15. The van der Waals surface area contributed by atoms with Crippen LogP contribution in [-0.4, -0.2) is 105 Å². The summed E-state index contributed by atoms with van der Waals surface area (Å²) in [6, 6.07) is 8.53.